The van der Waals surface area contributed by atoms with Crippen LogP contribution in [0.5, 0.6) is 0 Å². The van der Waals surface area contributed by atoms with E-state index in [1.165, 1.54) is 0 Å². The Bertz CT molecular complexity index is 294. The molecule has 0 aliphatic carbocycles. The van der Waals surface area contributed by atoms with Crippen LogP contribution in [-0.2, 0) is 14.0 Å². The minimum absolute atomic E-state index is 0.0545. The molecule has 0 saturated carbocycles. The predicted octanol–water partition coefficient (Wildman–Crippen LogP) is 1.42. The first-order valence-electron chi connectivity index (χ1n) is 5.15. The number of nitrogens with one attached hydrogen (secondary N) is 1. The molecule has 15 heavy (non-hydrogen) atoms. The Morgan fingerprint density at radius 1 is 1.33 bits per heavy atom. The van der Waals surface area contributed by atoms with Crippen molar-refractivity contribution in [1.29, 1.82) is 0 Å². The molecule has 1 fully saturated rings. The topological polar surface area (TPSA) is 55.4 Å². The minimum Gasteiger partial charge on any atom is -0.404 e. The fraction of sp³-hybridized carbons (Fsp3) is 0.800. The molecule has 0 unspecified atom stereocenters. The Balaban J connectivity index is 2.70. The van der Waals surface area contributed by atoms with Crippen molar-refractivity contribution in [2.24, 2.45) is 0 Å². The van der Waals surface area contributed by atoms with Gasteiger partial charge in [-0.2, -0.15) is 0 Å². The van der Waals surface area contributed by atoms with Crippen molar-refractivity contribution in [3.63, 3.8) is 0 Å². The van der Waals surface area contributed by atoms with E-state index in [1.807, 2.05) is 0 Å². The van der Waals surface area contributed by atoms with Crippen LogP contribution >= 0.6 is 0 Å². The van der Waals surface area contributed by atoms with Gasteiger partial charge >= 0.3 is 0 Å². The van der Waals surface area contributed by atoms with Crippen LogP contribution in [0.1, 0.15) is 27.2 Å². The lowest BCUT2D eigenvalue weighted by Gasteiger charge is -2.37. The molecule has 1 heterocycles. The highest BCUT2D eigenvalue weighted by molar-refractivity contribution is 6.74. The van der Waals surface area contributed by atoms with Gasteiger partial charge in [-0.05, 0) is 18.1 Å². The Kier molecular flexibility index (Phi) is 3.07. The average Bonchev–Trinajstić information content (AvgIpc) is 2.26. The van der Waals surface area contributed by atoms with Gasteiger partial charge in [0.15, 0.2) is 8.32 Å². The highest BCUT2D eigenvalue weighted by atomic mass is 28.4. The second-order valence-corrected chi connectivity index (χ2v) is 10.2. The summed E-state index contributed by atoms with van der Waals surface area (Å²) < 4.78 is 5.85. The van der Waals surface area contributed by atoms with Crippen LogP contribution < -0.4 is 5.32 Å². The van der Waals surface area contributed by atoms with Crippen molar-refractivity contribution in [2.45, 2.75) is 51.4 Å². The standard InChI is InChI=1S/C10H19NO3Si/c1-10(2,3)15(4,5)14-7-6-8(12)11-9(7)13/h7H,6H2,1-5H3,(H,11,12,13)/t7-/m0/s1. The van der Waals surface area contributed by atoms with E-state index in [-0.39, 0.29) is 23.3 Å². The zero-order valence-electron chi connectivity index (χ0n) is 10.0. The fourth-order valence-corrected chi connectivity index (χ4v) is 2.41. The van der Waals surface area contributed by atoms with Gasteiger partial charge in [0.1, 0.15) is 6.10 Å². The summed E-state index contributed by atoms with van der Waals surface area (Å²) in [5.41, 5.74) is 0. The third-order valence-electron chi connectivity index (χ3n) is 3.17. The van der Waals surface area contributed by atoms with Crippen molar-refractivity contribution in [3.8, 4) is 0 Å². The van der Waals surface area contributed by atoms with Crippen molar-refractivity contribution in [1.82, 2.24) is 5.32 Å². The van der Waals surface area contributed by atoms with Crippen LogP contribution in [-0.4, -0.2) is 26.2 Å². The van der Waals surface area contributed by atoms with E-state index in [4.69, 9.17) is 4.43 Å². The number of carbonyl (C=O) groups excluding carboxylic acids is 2. The predicted molar refractivity (Wildman–Crippen MR) is 59.8 cm³/mol. The van der Waals surface area contributed by atoms with E-state index in [0.717, 1.165) is 0 Å². The monoisotopic (exact) mass is 229 g/mol. The van der Waals surface area contributed by atoms with Gasteiger partial charge in [0.05, 0.1) is 6.42 Å². The molecule has 2 amide bonds. The largest absolute Gasteiger partial charge is 0.404 e. The Hall–Kier alpha value is -0.683. The van der Waals surface area contributed by atoms with Crippen molar-refractivity contribution in [3.05, 3.63) is 0 Å². The lowest BCUT2D eigenvalue weighted by molar-refractivity contribution is -0.127. The molecule has 1 atom stereocenters. The Morgan fingerprint density at radius 3 is 2.20 bits per heavy atom. The zero-order valence-corrected chi connectivity index (χ0v) is 11.0. The molecule has 0 aromatic heterocycles. The van der Waals surface area contributed by atoms with Crippen LogP contribution in [0.2, 0.25) is 18.1 Å². The summed E-state index contributed by atoms with van der Waals surface area (Å²) in [7, 11) is -1.95. The van der Waals surface area contributed by atoms with Crippen molar-refractivity contribution < 1.29 is 14.0 Å². The van der Waals surface area contributed by atoms with Gasteiger partial charge in [0.2, 0.25) is 5.91 Å². The van der Waals surface area contributed by atoms with E-state index in [2.05, 4.69) is 39.2 Å². The van der Waals surface area contributed by atoms with Gasteiger partial charge in [-0.15, -0.1) is 0 Å². The normalized spacial score (nSPS) is 23.1. The van der Waals surface area contributed by atoms with Gasteiger partial charge < -0.3 is 4.43 Å². The van der Waals surface area contributed by atoms with Crippen molar-refractivity contribution >= 4 is 20.1 Å². The van der Waals surface area contributed by atoms with Gasteiger partial charge in [-0.1, -0.05) is 20.8 Å². The van der Waals surface area contributed by atoms with Crippen LogP contribution in [0.3, 0.4) is 0 Å². The maximum atomic E-state index is 11.4. The number of carbonyl (C=O) groups is 2. The number of hydrogen-bond acceptors (Lipinski definition) is 3. The van der Waals surface area contributed by atoms with Gasteiger partial charge in [-0.25, -0.2) is 0 Å². The second-order valence-electron chi connectivity index (χ2n) is 5.48. The van der Waals surface area contributed by atoms with Gasteiger partial charge in [-0.3, -0.25) is 14.9 Å². The molecule has 5 heteroatoms. The molecule has 1 saturated heterocycles. The summed E-state index contributed by atoms with van der Waals surface area (Å²) in [5, 5.41) is 2.31. The lowest BCUT2D eigenvalue weighted by Crippen LogP contribution is -2.45. The zero-order chi connectivity index (χ0) is 11.9. The molecule has 0 bridgehead atoms. The molecule has 1 aliphatic rings. The smallest absolute Gasteiger partial charge is 0.254 e. The minimum atomic E-state index is -1.95. The highest BCUT2D eigenvalue weighted by Gasteiger charge is 2.43. The Labute approximate surface area is 91.5 Å². The molecule has 4 nitrogen and oxygen atoms in total. The molecule has 1 aliphatic heterocycles. The van der Waals surface area contributed by atoms with Gasteiger partial charge in [0.25, 0.3) is 5.91 Å². The van der Waals surface area contributed by atoms with Crippen LogP contribution in [0.25, 0.3) is 0 Å². The van der Waals surface area contributed by atoms with Crippen LogP contribution in [0, 0.1) is 0 Å². The molecule has 1 rings (SSSR count). The quantitative estimate of drug-likeness (QED) is 0.575. The molecule has 0 aromatic carbocycles. The van der Waals surface area contributed by atoms with E-state index in [0.29, 0.717) is 0 Å². The number of rotatable bonds is 2. The third kappa shape index (κ3) is 2.66. The second kappa shape index (κ2) is 3.72. The first-order valence-corrected chi connectivity index (χ1v) is 8.06. The first-order chi connectivity index (χ1) is 6.63. The van der Waals surface area contributed by atoms with E-state index < -0.39 is 14.4 Å². The fourth-order valence-electron chi connectivity index (χ4n) is 1.16. The summed E-state index contributed by atoms with van der Waals surface area (Å²) in [4.78, 5) is 22.4. The van der Waals surface area contributed by atoms with E-state index >= 15 is 0 Å². The summed E-state index contributed by atoms with van der Waals surface area (Å²) in [6.45, 7) is 10.5. The van der Waals surface area contributed by atoms with Crippen molar-refractivity contribution in [2.75, 3.05) is 0 Å². The molecule has 0 spiro atoms. The molecular formula is C10H19NO3Si. The lowest BCUT2D eigenvalue weighted by atomic mass is 10.2. The SMILES string of the molecule is CC(C)(C)[Si](C)(C)O[C@H]1CC(=O)NC1=O. The summed E-state index contributed by atoms with van der Waals surface area (Å²) >= 11 is 0. The summed E-state index contributed by atoms with van der Waals surface area (Å²) in [5.74, 6) is -0.520. The number of amides is 2. The van der Waals surface area contributed by atoms with Gasteiger partial charge in [0, 0.05) is 0 Å². The number of hydrogen-bond donors (Lipinski definition) is 1. The summed E-state index contributed by atoms with van der Waals surface area (Å²) in [6.07, 6.45) is -0.399. The molecule has 0 aromatic rings. The molecular weight excluding hydrogens is 210 g/mol. The number of imide groups is 1. The maximum Gasteiger partial charge on any atom is 0.254 e. The first kappa shape index (κ1) is 12.4. The summed E-state index contributed by atoms with van der Waals surface area (Å²) in [6, 6.07) is 0. The highest BCUT2D eigenvalue weighted by Crippen LogP contribution is 2.37. The third-order valence-corrected chi connectivity index (χ3v) is 7.66. The molecule has 86 valence electrons. The van der Waals surface area contributed by atoms with Crippen LogP contribution in [0.4, 0.5) is 0 Å². The average molecular weight is 229 g/mol. The van der Waals surface area contributed by atoms with E-state index in [9.17, 15) is 9.59 Å². The Morgan fingerprint density at radius 2 is 1.87 bits per heavy atom. The molecule has 0 radical (unpaired) electrons. The van der Waals surface area contributed by atoms with E-state index in [1.54, 1.807) is 0 Å². The maximum absolute atomic E-state index is 11.4. The molecule has 1 N–H and O–H groups in total. The van der Waals surface area contributed by atoms with Crippen LogP contribution in [0.15, 0.2) is 0 Å².